The minimum absolute atomic E-state index is 0.282. The van der Waals surface area contributed by atoms with Crippen molar-refractivity contribution in [3.63, 3.8) is 0 Å². The van der Waals surface area contributed by atoms with E-state index in [2.05, 4.69) is 38.5 Å². The molecule has 0 radical (unpaired) electrons. The molecule has 0 aliphatic carbocycles. The van der Waals surface area contributed by atoms with Gasteiger partial charge in [0.25, 0.3) is 0 Å². The van der Waals surface area contributed by atoms with Gasteiger partial charge in [-0.2, -0.15) is 11.3 Å². The number of nitrogens with two attached hydrogens (primary N) is 1. The molecule has 122 valence electrons. The summed E-state index contributed by atoms with van der Waals surface area (Å²) in [5.74, 6) is 0.282. The van der Waals surface area contributed by atoms with Gasteiger partial charge in [0.2, 0.25) is 5.95 Å². The van der Waals surface area contributed by atoms with Crippen LogP contribution in [-0.4, -0.2) is 15.0 Å². The van der Waals surface area contributed by atoms with Crippen molar-refractivity contribution in [1.29, 1.82) is 0 Å². The second-order valence-corrected chi connectivity index (χ2v) is 6.45. The highest BCUT2D eigenvalue weighted by Gasteiger charge is 2.17. The molecule has 0 unspecified atom stereocenters. The molecule has 1 aromatic carbocycles. The van der Waals surface area contributed by atoms with E-state index in [1.54, 1.807) is 23.7 Å². The molecule has 3 aromatic heterocycles. The minimum Gasteiger partial charge on any atom is -0.368 e. The van der Waals surface area contributed by atoms with Gasteiger partial charge in [0.15, 0.2) is 0 Å². The van der Waals surface area contributed by atoms with Crippen LogP contribution in [0.1, 0.15) is 11.1 Å². The largest absolute Gasteiger partial charge is 0.368 e. The number of nitrogen functional groups attached to an aromatic ring is 1. The molecule has 5 heteroatoms. The quantitative estimate of drug-likeness (QED) is 0.594. The monoisotopic (exact) mass is 344 g/mol. The first kappa shape index (κ1) is 15.5. The summed E-state index contributed by atoms with van der Waals surface area (Å²) >= 11 is 1.65. The molecule has 0 spiro atoms. The number of nitrogens with zero attached hydrogens (tertiary/aromatic N) is 3. The molecule has 4 aromatic rings. The Morgan fingerprint density at radius 3 is 2.24 bits per heavy atom. The number of pyridine rings is 1. The topological polar surface area (TPSA) is 64.7 Å². The standard InChI is InChI=1S/C20H16N4S/c21-20-23-18(15-6-9-22-10-7-15)17(12-14-4-2-1-3-5-14)19(24-20)16-8-11-25-13-16/h1-11,13H,12H2,(H2,21,23,24). The molecule has 4 nitrogen and oxygen atoms in total. The number of benzene rings is 1. The van der Waals surface area contributed by atoms with Crippen LogP contribution >= 0.6 is 11.3 Å². The molecule has 4 rings (SSSR count). The van der Waals surface area contributed by atoms with Crippen LogP contribution in [0.2, 0.25) is 0 Å². The summed E-state index contributed by atoms with van der Waals surface area (Å²) in [4.78, 5) is 13.2. The average molecular weight is 344 g/mol. The van der Waals surface area contributed by atoms with E-state index >= 15 is 0 Å². The minimum atomic E-state index is 0.282. The molecule has 0 saturated carbocycles. The molecule has 25 heavy (non-hydrogen) atoms. The molecular formula is C20H16N4S. The smallest absolute Gasteiger partial charge is 0.221 e. The van der Waals surface area contributed by atoms with Gasteiger partial charge in [-0.15, -0.1) is 0 Å². The fourth-order valence-corrected chi connectivity index (χ4v) is 3.50. The third-order valence-electron chi connectivity index (χ3n) is 4.00. The van der Waals surface area contributed by atoms with Crippen LogP contribution in [0.4, 0.5) is 5.95 Å². The zero-order valence-corrected chi connectivity index (χ0v) is 14.3. The molecule has 0 amide bonds. The van der Waals surface area contributed by atoms with E-state index in [0.717, 1.165) is 34.5 Å². The van der Waals surface area contributed by atoms with Gasteiger partial charge >= 0.3 is 0 Å². The van der Waals surface area contributed by atoms with Gasteiger partial charge in [-0.3, -0.25) is 4.98 Å². The van der Waals surface area contributed by atoms with E-state index < -0.39 is 0 Å². The lowest BCUT2D eigenvalue weighted by atomic mass is 9.96. The summed E-state index contributed by atoms with van der Waals surface area (Å²) in [6.07, 6.45) is 4.28. The highest BCUT2D eigenvalue weighted by molar-refractivity contribution is 7.08. The maximum Gasteiger partial charge on any atom is 0.221 e. The second-order valence-electron chi connectivity index (χ2n) is 5.67. The van der Waals surface area contributed by atoms with Gasteiger partial charge in [0, 0.05) is 40.9 Å². The third kappa shape index (κ3) is 3.27. The average Bonchev–Trinajstić information content (AvgIpc) is 3.19. The van der Waals surface area contributed by atoms with Gasteiger partial charge in [-0.25, -0.2) is 9.97 Å². The van der Waals surface area contributed by atoms with Crippen molar-refractivity contribution < 1.29 is 0 Å². The van der Waals surface area contributed by atoms with Crippen LogP contribution in [-0.2, 0) is 6.42 Å². The van der Waals surface area contributed by atoms with E-state index in [1.165, 1.54) is 5.56 Å². The first-order valence-corrected chi connectivity index (χ1v) is 8.89. The van der Waals surface area contributed by atoms with Crippen molar-refractivity contribution in [2.45, 2.75) is 6.42 Å². The number of hydrogen-bond donors (Lipinski definition) is 1. The lowest BCUT2D eigenvalue weighted by molar-refractivity contribution is 1.09. The highest BCUT2D eigenvalue weighted by Crippen LogP contribution is 2.33. The van der Waals surface area contributed by atoms with Crippen molar-refractivity contribution in [3.05, 3.63) is 82.8 Å². The van der Waals surface area contributed by atoms with Crippen molar-refractivity contribution >= 4 is 17.3 Å². The molecule has 0 aliphatic heterocycles. The first-order valence-electron chi connectivity index (χ1n) is 7.94. The van der Waals surface area contributed by atoms with E-state index in [4.69, 9.17) is 5.73 Å². The van der Waals surface area contributed by atoms with Crippen molar-refractivity contribution in [2.75, 3.05) is 5.73 Å². The molecule has 2 N–H and O–H groups in total. The number of thiophene rings is 1. The second kappa shape index (κ2) is 6.83. The number of anilines is 1. The van der Waals surface area contributed by atoms with Crippen LogP contribution < -0.4 is 5.73 Å². The zero-order valence-electron chi connectivity index (χ0n) is 13.5. The van der Waals surface area contributed by atoms with Crippen LogP contribution in [0.25, 0.3) is 22.5 Å². The summed E-state index contributed by atoms with van der Waals surface area (Å²) in [6, 6.07) is 16.3. The van der Waals surface area contributed by atoms with Gasteiger partial charge < -0.3 is 5.73 Å². The predicted molar refractivity (Wildman–Crippen MR) is 102 cm³/mol. The lowest BCUT2D eigenvalue weighted by Crippen LogP contribution is -2.05. The Bertz CT molecular complexity index is 968. The van der Waals surface area contributed by atoms with Crippen LogP contribution in [0.15, 0.2) is 71.7 Å². The summed E-state index contributed by atoms with van der Waals surface area (Å²) in [5.41, 5.74) is 12.1. The molecule has 0 aliphatic rings. The predicted octanol–water partition coefficient (Wildman–Crippen LogP) is 4.44. The maximum atomic E-state index is 6.03. The molecule has 0 atom stereocenters. The molecule has 0 saturated heterocycles. The zero-order chi connectivity index (χ0) is 17.1. The Morgan fingerprint density at radius 1 is 0.840 bits per heavy atom. The summed E-state index contributed by atoms with van der Waals surface area (Å²) in [5, 5.41) is 4.14. The van der Waals surface area contributed by atoms with E-state index in [9.17, 15) is 0 Å². The van der Waals surface area contributed by atoms with E-state index in [1.807, 2.05) is 35.7 Å². The van der Waals surface area contributed by atoms with Gasteiger partial charge in [-0.05, 0) is 29.1 Å². The van der Waals surface area contributed by atoms with Crippen molar-refractivity contribution in [2.24, 2.45) is 0 Å². The number of hydrogen-bond acceptors (Lipinski definition) is 5. The van der Waals surface area contributed by atoms with Crippen LogP contribution in [0.3, 0.4) is 0 Å². The van der Waals surface area contributed by atoms with E-state index in [-0.39, 0.29) is 5.95 Å². The molecular weight excluding hydrogens is 328 g/mol. The Kier molecular flexibility index (Phi) is 4.23. The highest BCUT2D eigenvalue weighted by atomic mass is 32.1. The Hall–Kier alpha value is -3.05. The maximum absolute atomic E-state index is 6.03. The Labute approximate surface area is 150 Å². The summed E-state index contributed by atoms with van der Waals surface area (Å²) in [6.45, 7) is 0. The van der Waals surface area contributed by atoms with Crippen molar-refractivity contribution in [1.82, 2.24) is 15.0 Å². The number of rotatable bonds is 4. The summed E-state index contributed by atoms with van der Waals surface area (Å²) in [7, 11) is 0. The number of aromatic nitrogens is 3. The SMILES string of the molecule is Nc1nc(-c2ccncc2)c(Cc2ccccc2)c(-c2ccsc2)n1. The Balaban J connectivity index is 1.94. The van der Waals surface area contributed by atoms with Crippen molar-refractivity contribution in [3.8, 4) is 22.5 Å². The van der Waals surface area contributed by atoms with Crippen LogP contribution in [0, 0.1) is 0 Å². The fourth-order valence-electron chi connectivity index (χ4n) is 2.86. The first-order chi connectivity index (χ1) is 12.3. The van der Waals surface area contributed by atoms with E-state index in [0.29, 0.717) is 0 Å². The Morgan fingerprint density at radius 2 is 1.56 bits per heavy atom. The normalized spacial score (nSPS) is 10.7. The van der Waals surface area contributed by atoms with Crippen LogP contribution in [0.5, 0.6) is 0 Å². The third-order valence-corrected chi connectivity index (χ3v) is 4.68. The molecule has 3 heterocycles. The fraction of sp³-hybridized carbons (Fsp3) is 0.0500. The van der Waals surface area contributed by atoms with Gasteiger partial charge in [0.05, 0.1) is 11.4 Å². The molecule has 0 fully saturated rings. The van der Waals surface area contributed by atoms with Gasteiger partial charge in [0.1, 0.15) is 0 Å². The summed E-state index contributed by atoms with van der Waals surface area (Å²) < 4.78 is 0. The van der Waals surface area contributed by atoms with Gasteiger partial charge in [-0.1, -0.05) is 30.3 Å². The molecule has 0 bridgehead atoms. The lowest BCUT2D eigenvalue weighted by Gasteiger charge is -2.14.